The van der Waals surface area contributed by atoms with Gasteiger partial charge in [-0.05, 0) is 23.6 Å². The number of nitrogens with zero attached hydrogens (tertiary/aromatic N) is 2. The third-order valence-electron chi connectivity index (χ3n) is 3.09. The first-order valence-corrected chi connectivity index (χ1v) is 7.36. The number of para-hydroxylation sites is 2. The molecule has 2 heterocycles. The van der Waals surface area contributed by atoms with Gasteiger partial charge >= 0.3 is 0 Å². The van der Waals surface area contributed by atoms with Crippen LogP contribution in [0.2, 0.25) is 0 Å². The van der Waals surface area contributed by atoms with Gasteiger partial charge in [0.15, 0.2) is 11.5 Å². The molecule has 0 amide bonds. The third-order valence-corrected chi connectivity index (χ3v) is 3.99. The second kappa shape index (κ2) is 5.97. The van der Waals surface area contributed by atoms with Crippen LogP contribution in [0.4, 0.5) is 0 Å². The molecule has 3 rings (SSSR count). The highest BCUT2D eigenvalue weighted by Gasteiger charge is 2.06. The van der Waals surface area contributed by atoms with Crippen molar-refractivity contribution in [1.29, 1.82) is 0 Å². The van der Waals surface area contributed by atoms with Crippen LogP contribution in [-0.2, 0) is 6.54 Å². The van der Waals surface area contributed by atoms with Crippen molar-refractivity contribution in [2.24, 2.45) is 0 Å². The van der Waals surface area contributed by atoms with E-state index in [1.165, 1.54) is 11.3 Å². The molecular weight excluding hydrogens is 288 g/mol. The van der Waals surface area contributed by atoms with E-state index >= 15 is 0 Å². The minimum absolute atomic E-state index is 0.0290. The lowest BCUT2D eigenvalue weighted by Crippen LogP contribution is -2.22. The molecule has 3 aromatic rings. The Hall–Kier alpha value is -2.34. The first-order chi connectivity index (χ1) is 10.3. The van der Waals surface area contributed by atoms with E-state index in [-0.39, 0.29) is 5.56 Å². The summed E-state index contributed by atoms with van der Waals surface area (Å²) in [4.78, 5) is 16.5. The molecule has 21 heavy (non-hydrogen) atoms. The summed E-state index contributed by atoms with van der Waals surface area (Å²) in [7, 11) is 1.60. The molecular formula is C15H14N2O3S. The highest BCUT2D eigenvalue weighted by Crippen LogP contribution is 2.25. The Morgan fingerprint density at radius 3 is 2.86 bits per heavy atom. The molecule has 0 saturated carbocycles. The topological polar surface area (TPSA) is 53.4 Å². The maximum Gasteiger partial charge on any atom is 0.271 e. The largest absolute Gasteiger partial charge is 0.493 e. The number of rotatable bonds is 5. The Balaban J connectivity index is 1.72. The van der Waals surface area contributed by atoms with Gasteiger partial charge in [0.05, 0.1) is 25.5 Å². The number of benzene rings is 1. The summed E-state index contributed by atoms with van der Waals surface area (Å²) in [5, 5.41) is 1.87. The number of hydrogen-bond acceptors (Lipinski definition) is 5. The number of aromatic nitrogens is 2. The molecule has 6 heteroatoms. The fourth-order valence-corrected chi connectivity index (χ4v) is 2.82. The lowest BCUT2D eigenvalue weighted by atomic mass is 10.3. The van der Waals surface area contributed by atoms with Crippen LogP contribution in [0.3, 0.4) is 0 Å². The number of methoxy groups -OCH3 is 1. The van der Waals surface area contributed by atoms with Gasteiger partial charge in [-0.1, -0.05) is 12.1 Å². The molecule has 0 spiro atoms. The van der Waals surface area contributed by atoms with Crippen LogP contribution < -0.4 is 15.0 Å². The zero-order valence-electron chi connectivity index (χ0n) is 11.5. The smallest absolute Gasteiger partial charge is 0.271 e. The van der Waals surface area contributed by atoms with Crippen molar-refractivity contribution in [1.82, 2.24) is 9.55 Å². The van der Waals surface area contributed by atoms with Crippen LogP contribution in [0.1, 0.15) is 0 Å². The first-order valence-electron chi connectivity index (χ1n) is 6.48. The Morgan fingerprint density at radius 2 is 2.05 bits per heavy atom. The van der Waals surface area contributed by atoms with Crippen molar-refractivity contribution in [2.75, 3.05) is 13.7 Å². The number of ether oxygens (including phenoxy) is 2. The van der Waals surface area contributed by atoms with Gasteiger partial charge in [-0.15, -0.1) is 11.3 Å². The molecule has 0 aliphatic rings. The maximum absolute atomic E-state index is 12.2. The predicted octanol–water partition coefficient (Wildman–Crippen LogP) is 2.55. The van der Waals surface area contributed by atoms with E-state index in [1.807, 2.05) is 35.7 Å². The monoisotopic (exact) mass is 302 g/mol. The van der Waals surface area contributed by atoms with Crippen molar-refractivity contribution < 1.29 is 9.47 Å². The van der Waals surface area contributed by atoms with Crippen LogP contribution in [0, 0.1) is 0 Å². The Kier molecular flexibility index (Phi) is 3.87. The molecule has 0 atom stereocenters. The van der Waals surface area contributed by atoms with Crippen molar-refractivity contribution in [2.45, 2.75) is 6.54 Å². The zero-order chi connectivity index (χ0) is 14.7. The van der Waals surface area contributed by atoms with Gasteiger partial charge < -0.3 is 9.47 Å². The molecule has 0 unspecified atom stereocenters. The second-order valence-corrected chi connectivity index (χ2v) is 5.29. The Labute approximate surface area is 125 Å². The molecule has 108 valence electrons. The summed E-state index contributed by atoms with van der Waals surface area (Å²) in [6.07, 6.45) is 1.56. The zero-order valence-corrected chi connectivity index (χ0v) is 12.3. The fourth-order valence-electron chi connectivity index (χ4n) is 2.03. The average Bonchev–Trinajstić information content (AvgIpc) is 2.99. The van der Waals surface area contributed by atoms with Gasteiger partial charge in [0.25, 0.3) is 5.56 Å². The van der Waals surface area contributed by atoms with E-state index < -0.39 is 0 Å². The molecule has 0 N–H and O–H groups in total. The van der Waals surface area contributed by atoms with Crippen molar-refractivity contribution >= 4 is 21.6 Å². The van der Waals surface area contributed by atoms with Gasteiger partial charge in [-0.25, -0.2) is 4.98 Å². The minimum atomic E-state index is -0.0290. The van der Waals surface area contributed by atoms with Gasteiger partial charge in [-0.3, -0.25) is 9.36 Å². The number of fused-ring (bicyclic) bond motifs is 1. The summed E-state index contributed by atoms with van der Waals surface area (Å²) in [5.41, 5.74) is 0.713. The van der Waals surface area contributed by atoms with E-state index in [1.54, 1.807) is 18.0 Å². The minimum Gasteiger partial charge on any atom is -0.493 e. The Morgan fingerprint density at radius 1 is 1.24 bits per heavy atom. The summed E-state index contributed by atoms with van der Waals surface area (Å²) in [6, 6.07) is 9.27. The quantitative estimate of drug-likeness (QED) is 0.727. The van der Waals surface area contributed by atoms with Crippen molar-refractivity contribution in [3.63, 3.8) is 0 Å². The maximum atomic E-state index is 12.2. The van der Waals surface area contributed by atoms with Crippen molar-refractivity contribution in [3.8, 4) is 11.5 Å². The molecule has 0 saturated heterocycles. The van der Waals surface area contributed by atoms with Gasteiger partial charge in [0.1, 0.15) is 11.3 Å². The summed E-state index contributed by atoms with van der Waals surface area (Å²) < 4.78 is 13.1. The Bertz CT molecular complexity index is 810. The summed E-state index contributed by atoms with van der Waals surface area (Å²) in [6.45, 7) is 0.816. The van der Waals surface area contributed by atoms with E-state index in [4.69, 9.17) is 9.47 Å². The molecule has 0 aliphatic heterocycles. The number of thiophene rings is 1. The molecule has 2 aromatic heterocycles. The average molecular weight is 302 g/mol. The van der Waals surface area contributed by atoms with Crippen LogP contribution in [0.15, 0.2) is 46.8 Å². The van der Waals surface area contributed by atoms with Crippen LogP contribution in [0.25, 0.3) is 10.2 Å². The standard InChI is InChI=1S/C15H14N2O3S/c1-19-12-4-2-3-5-13(12)20-8-7-17-10-16-11-6-9-21-14(11)15(17)18/h2-6,9-10H,7-8H2,1H3. The molecule has 1 aromatic carbocycles. The van der Waals surface area contributed by atoms with E-state index in [2.05, 4.69) is 4.98 Å². The molecule has 0 fully saturated rings. The SMILES string of the molecule is COc1ccccc1OCCn1cnc2ccsc2c1=O. The van der Waals surface area contributed by atoms with Gasteiger partial charge in [-0.2, -0.15) is 0 Å². The fraction of sp³-hybridized carbons (Fsp3) is 0.200. The first kappa shape index (κ1) is 13.6. The van der Waals surface area contributed by atoms with Gasteiger partial charge in [0.2, 0.25) is 0 Å². The van der Waals surface area contributed by atoms with E-state index in [0.717, 1.165) is 5.52 Å². The highest BCUT2D eigenvalue weighted by molar-refractivity contribution is 7.17. The molecule has 0 aliphatic carbocycles. The highest BCUT2D eigenvalue weighted by atomic mass is 32.1. The lowest BCUT2D eigenvalue weighted by molar-refractivity contribution is 0.278. The molecule has 0 bridgehead atoms. The number of hydrogen-bond donors (Lipinski definition) is 0. The van der Waals surface area contributed by atoms with E-state index in [9.17, 15) is 4.79 Å². The predicted molar refractivity (Wildman–Crippen MR) is 82.4 cm³/mol. The molecule has 5 nitrogen and oxygen atoms in total. The van der Waals surface area contributed by atoms with Gasteiger partial charge in [0, 0.05) is 0 Å². The van der Waals surface area contributed by atoms with Crippen LogP contribution in [-0.4, -0.2) is 23.3 Å². The normalized spacial score (nSPS) is 10.7. The van der Waals surface area contributed by atoms with E-state index in [0.29, 0.717) is 29.4 Å². The lowest BCUT2D eigenvalue weighted by Gasteiger charge is -2.11. The van der Waals surface area contributed by atoms with Crippen LogP contribution >= 0.6 is 11.3 Å². The summed E-state index contributed by atoms with van der Waals surface area (Å²) in [5.74, 6) is 1.34. The third kappa shape index (κ3) is 2.75. The van der Waals surface area contributed by atoms with Crippen LogP contribution in [0.5, 0.6) is 11.5 Å². The summed E-state index contributed by atoms with van der Waals surface area (Å²) >= 11 is 1.41. The second-order valence-electron chi connectivity index (χ2n) is 4.38. The van der Waals surface area contributed by atoms with Crippen molar-refractivity contribution in [3.05, 3.63) is 52.4 Å². The molecule has 0 radical (unpaired) electrons.